The van der Waals surface area contributed by atoms with E-state index < -0.39 is 0 Å². The average Bonchev–Trinajstić information content (AvgIpc) is 2.43. The van der Waals surface area contributed by atoms with Crippen molar-refractivity contribution in [3.8, 4) is 0 Å². The van der Waals surface area contributed by atoms with Crippen molar-refractivity contribution in [2.24, 2.45) is 0 Å². The van der Waals surface area contributed by atoms with Crippen LogP contribution in [0.25, 0.3) is 12.2 Å². The van der Waals surface area contributed by atoms with E-state index >= 15 is 0 Å². The zero-order valence-corrected chi connectivity index (χ0v) is 12.6. The Labute approximate surface area is 125 Å². The highest BCUT2D eigenvalue weighted by Gasteiger charge is 2.31. The SMILES string of the molecule is CC(C)(C)N1C(=O)c2ccccc2/C=C\c2ccccc21. The van der Waals surface area contributed by atoms with Gasteiger partial charge < -0.3 is 4.90 Å². The maximum atomic E-state index is 13.1. The lowest BCUT2D eigenvalue weighted by Crippen LogP contribution is -2.46. The molecule has 0 saturated heterocycles. The molecule has 2 nitrogen and oxygen atoms in total. The van der Waals surface area contributed by atoms with Crippen LogP contribution in [-0.2, 0) is 0 Å². The van der Waals surface area contributed by atoms with Crippen LogP contribution >= 0.6 is 0 Å². The molecule has 2 heteroatoms. The van der Waals surface area contributed by atoms with Crippen molar-refractivity contribution in [3.63, 3.8) is 0 Å². The molecule has 0 N–H and O–H groups in total. The van der Waals surface area contributed by atoms with Crippen molar-refractivity contribution in [2.45, 2.75) is 26.3 Å². The number of hydrogen-bond acceptors (Lipinski definition) is 1. The van der Waals surface area contributed by atoms with E-state index in [1.54, 1.807) is 0 Å². The fourth-order valence-corrected chi connectivity index (χ4v) is 2.74. The van der Waals surface area contributed by atoms with Gasteiger partial charge in [0.2, 0.25) is 0 Å². The van der Waals surface area contributed by atoms with Gasteiger partial charge in [-0.25, -0.2) is 0 Å². The fraction of sp³-hybridized carbons (Fsp3) is 0.211. The van der Waals surface area contributed by atoms with Crippen LogP contribution < -0.4 is 4.90 Å². The molecule has 0 bridgehead atoms. The lowest BCUT2D eigenvalue weighted by Gasteiger charge is -2.37. The molecule has 1 amide bonds. The van der Waals surface area contributed by atoms with Crippen LogP contribution in [0.15, 0.2) is 48.5 Å². The van der Waals surface area contributed by atoms with E-state index in [0.717, 1.165) is 22.4 Å². The lowest BCUT2D eigenvalue weighted by atomic mass is 9.95. The molecule has 21 heavy (non-hydrogen) atoms. The Bertz CT molecular complexity index is 722. The van der Waals surface area contributed by atoms with Crippen molar-refractivity contribution in [2.75, 3.05) is 4.90 Å². The first-order valence-electron chi connectivity index (χ1n) is 7.19. The highest BCUT2D eigenvalue weighted by Crippen LogP contribution is 2.33. The number of carbonyl (C=O) groups excluding carboxylic acids is 1. The molecule has 0 aromatic heterocycles. The predicted molar refractivity (Wildman–Crippen MR) is 88.4 cm³/mol. The van der Waals surface area contributed by atoms with Gasteiger partial charge in [0.05, 0.1) is 5.69 Å². The number of fused-ring (bicyclic) bond motifs is 2. The van der Waals surface area contributed by atoms with Crippen LogP contribution in [0, 0.1) is 0 Å². The molecule has 1 aliphatic heterocycles. The molecule has 0 unspecified atom stereocenters. The lowest BCUT2D eigenvalue weighted by molar-refractivity contribution is 0.0965. The smallest absolute Gasteiger partial charge is 0.259 e. The summed E-state index contributed by atoms with van der Waals surface area (Å²) in [4.78, 5) is 15.0. The minimum atomic E-state index is -0.286. The second-order valence-electron chi connectivity index (χ2n) is 6.29. The van der Waals surface area contributed by atoms with Gasteiger partial charge in [-0.05, 0) is 44.0 Å². The Morgan fingerprint density at radius 2 is 1.38 bits per heavy atom. The van der Waals surface area contributed by atoms with E-state index in [4.69, 9.17) is 0 Å². The molecule has 0 radical (unpaired) electrons. The molecule has 0 saturated carbocycles. The summed E-state index contributed by atoms with van der Waals surface area (Å²) in [6.07, 6.45) is 4.10. The van der Waals surface area contributed by atoms with Crippen molar-refractivity contribution in [1.29, 1.82) is 0 Å². The van der Waals surface area contributed by atoms with Gasteiger partial charge in [-0.3, -0.25) is 4.79 Å². The third-order valence-corrected chi connectivity index (χ3v) is 3.69. The second kappa shape index (κ2) is 4.88. The van der Waals surface area contributed by atoms with E-state index in [-0.39, 0.29) is 11.4 Å². The summed E-state index contributed by atoms with van der Waals surface area (Å²) >= 11 is 0. The fourth-order valence-electron chi connectivity index (χ4n) is 2.74. The molecule has 1 heterocycles. The minimum Gasteiger partial charge on any atom is -0.302 e. The maximum absolute atomic E-state index is 13.1. The predicted octanol–water partition coefficient (Wildman–Crippen LogP) is 4.62. The van der Waals surface area contributed by atoms with Gasteiger partial charge >= 0.3 is 0 Å². The Balaban J connectivity index is 2.30. The molecular formula is C19H19NO. The number of anilines is 1. The molecule has 0 spiro atoms. The molecule has 106 valence electrons. The summed E-state index contributed by atoms with van der Waals surface area (Å²) in [5.74, 6) is 0.0508. The molecule has 0 atom stereocenters. The molecule has 0 fully saturated rings. The largest absolute Gasteiger partial charge is 0.302 e. The van der Waals surface area contributed by atoms with Crippen LogP contribution in [0.5, 0.6) is 0 Å². The van der Waals surface area contributed by atoms with Crippen molar-refractivity contribution in [1.82, 2.24) is 0 Å². The minimum absolute atomic E-state index is 0.0508. The first kappa shape index (κ1) is 13.6. The Hall–Kier alpha value is -2.35. The van der Waals surface area contributed by atoms with Gasteiger partial charge in [0.25, 0.3) is 5.91 Å². The number of nitrogens with zero attached hydrogens (tertiary/aromatic N) is 1. The van der Waals surface area contributed by atoms with Gasteiger partial charge in [-0.1, -0.05) is 48.6 Å². The Morgan fingerprint density at radius 3 is 2.10 bits per heavy atom. The van der Waals surface area contributed by atoms with E-state index in [9.17, 15) is 4.79 Å². The maximum Gasteiger partial charge on any atom is 0.259 e. The number of rotatable bonds is 0. The summed E-state index contributed by atoms with van der Waals surface area (Å²) in [6.45, 7) is 6.20. The second-order valence-corrected chi connectivity index (χ2v) is 6.29. The van der Waals surface area contributed by atoms with Gasteiger partial charge in [0.15, 0.2) is 0 Å². The summed E-state index contributed by atoms with van der Waals surface area (Å²) in [5.41, 5.74) is 3.45. The highest BCUT2D eigenvalue weighted by atomic mass is 16.2. The Morgan fingerprint density at radius 1 is 0.810 bits per heavy atom. The molecule has 0 aliphatic carbocycles. The first-order chi connectivity index (χ1) is 9.98. The number of carbonyl (C=O) groups is 1. The molecule has 2 aromatic carbocycles. The zero-order chi connectivity index (χ0) is 15.0. The molecule has 1 aliphatic rings. The number of para-hydroxylation sites is 1. The summed E-state index contributed by atoms with van der Waals surface area (Å²) < 4.78 is 0. The van der Waals surface area contributed by atoms with Crippen molar-refractivity contribution in [3.05, 3.63) is 65.2 Å². The number of benzene rings is 2. The van der Waals surface area contributed by atoms with Crippen LogP contribution in [0.4, 0.5) is 5.69 Å². The molecular weight excluding hydrogens is 258 g/mol. The third kappa shape index (κ3) is 2.38. The van der Waals surface area contributed by atoms with Crippen LogP contribution in [-0.4, -0.2) is 11.4 Å². The van der Waals surface area contributed by atoms with Gasteiger partial charge in [0.1, 0.15) is 0 Å². The van der Waals surface area contributed by atoms with Crippen LogP contribution in [0.1, 0.15) is 42.3 Å². The quantitative estimate of drug-likeness (QED) is 0.688. The number of amides is 1. The average molecular weight is 277 g/mol. The monoisotopic (exact) mass is 277 g/mol. The Kier molecular flexibility index (Phi) is 3.17. The summed E-state index contributed by atoms with van der Waals surface area (Å²) in [7, 11) is 0. The van der Waals surface area contributed by atoms with E-state index in [1.165, 1.54) is 0 Å². The van der Waals surface area contributed by atoms with Crippen molar-refractivity contribution < 1.29 is 4.79 Å². The normalized spacial score (nSPS) is 15.8. The van der Waals surface area contributed by atoms with Crippen LogP contribution in [0.2, 0.25) is 0 Å². The zero-order valence-electron chi connectivity index (χ0n) is 12.6. The van der Waals surface area contributed by atoms with Gasteiger partial charge in [-0.2, -0.15) is 0 Å². The van der Waals surface area contributed by atoms with E-state index in [0.29, 0.717) is 0 Å². The standard InChI is InChI=1S/C19H19NO/c1-19(2,3)20-17-11-7-5-9-15(17)13-12-14-8-4-6-10-16(14)18(20)21/h4-13H,1-3H3/b13-12-. The topological polar surface area (TPSA) is 20.3 Å². The third-order valence-electron chi connectivity index (χ3n) is 3.69. The van der Waals surface area contributed by atoms with Gasteiger partial charge in [-0.15, -0.1) is 0 Å². The van der Waals surface area contributed by atoms with E-state index in [1.807, 2.05) is 59.5 Å². The van der Waals surface area contributed by atoms with Crippen molar-refractivity contribution >= 4 is 23.7 Å². The summed E-state index contributed by atoms with van der Waals surface area (Å²) in [6, 6.07) is 15.8. The first-order valence-corrected chi connectivity index (χ1v) is 7.19. The molecule has 3 rings (SSSR count). The van der Waals surface area contributed by atoms with E-state index in [2.05, 4.69) is 26.8 Å². The number of hydrogen-bond donors (Lipinski definition) is 0. The van der Waals surface area contributed by atoms with Crippen LogP contribution in [0.3, 0.4) is 0 Å². The highest BCUT2D eigenvalue weighted by molar-refractivity contribution is 6.11. The van der Waals surface area contributed by atoms with Gasteiger partial charge in [0, 0.05) is 11.1 Å². The summed E-state index contributed by atoms with van der Waals surface area (Å²) in [5, 5.41) is 0. The molecule has 2 aromatic rings.